The first kappa shape index (κ1) is 18.9. The van der Waals surface area contributed by atoms with Gasteiger partial charge in [-0.15, -0.1) is 0 Å². The summed E-state index contributed by atoms with van der Waals surface area (Å²) in [4.78, 5) is 8.51. The second kappa shape index (κ2) is 7.97. The lowest BCUT2D eigenvalue weighted by atomic mass is 9.75. The van der Waals surface area contributed by atoms with Crippen LogP contribution in [0.5, 0.6) is 5.75 Å². The highest BCUT2D eigenvalue weighted by Gasteiger charge is 2.54. The third kappa shape index (κ3) is 3.28. The quantitative estimate of drug-likeness (QED) is 0.775. The third-order valence-corrected chi connectivity index (χ3v) is 8.14. The average Bonchev–Trinajstić information content (AvgIpc) is 3.18. The van der Waals surface area contributed by atoms with Gasteiger partial charge in [-0.1, -0.05) is 19.1 Å². The van der Waals surface area contributed by atoms with Crippen LogP contribution in [0.4, 0.5) is 0 Å². The van der Waals surface area contributed by atoms with Gasteiger partial charge in [0, 0.05) is 30.6 Å². The smallest absolute Gasteiger partial charge is 0.118 e. The minimum atomic E-state index is 0.660. The average molecular weight is 384 g/mol. The van der Waals surface area contributed by atoms with E-state index in [1.807, 2.05) is 0 Å². The maximum atomic E-state index is 5.41. The first-order chi connectivity index (χ1) is 13.8. The molecule has 0 radical (unpaired) electrons. The molecular weight excluding hydrogens is 346 g/mol. The maximum absolute atomic E-state index is 5.41. The van der Waals surface area contributed by atoms with Crippen LogP contribution >= 0.6 is 0 Å². The summed E-state index contributed by atoms with van der Waals surface area (Å²) in [6.07, 6.45) is 6.86. The normalized spacial score (nSPS) is 36.6. The molecular formula is C24H37N3O. The van der Waals surface area contributed by atoms with E-state index in [9.17, 15) is 0 Å². The van der Waals surface area contributed by atoms with Crippen molar-refractivity contribution in [3.05, 3.63) is 29.8 Å². The van der Waals surface area contributed by atoms with Crippen LogP contribution in [0.3, 0.4) is 0 Å². The van der Waals surface area contributed by atoms with Crippen molar-refractivity contribution in [2.24, 2.45) is 5.92 Å². The summed E-state index contributed by atoms with van der Waals surface area (Å²) in [5.41, 5.74) is 1.52. The van der Waals surface area contributed by atoms with Crippen molar-refractivity contribution < 1.29 is 4.74 Å². The molecule has 0 amide bonds. The number of nitrogens with zero attached hydrogens (tertiary/aromatic N) is 3. The highest BCUT2D eigenvalue weighted by Crippen LogP contribution is 2.48. The second-order valence-corrected chi connectivity index (χ2v) is 9.50. The zero-order chi connectivity index (χ0) is 19.1. The lowest BCUT2D eigenvalue weighted by Crippen LogP contribution is -2.61. The Bertz CT molecular complexity index is 646. The summed E-state index contributed by atoms with van der Waals surface area (Å²) in [5, 5.41) is 0. The molecule has 0 N–H and O–H groups in total. The number of hydrogen-bond donors (Lipinski definition) is 0. The van der Waals surface area contributed by atoms with Gasteiger partial charge in [-0.3, -0.25) is 9.80 Å². The van der Waals surface area contributed by atoms with Gasteiger partial charge in [-0.25, -0.2) is 0 Å². The number of piperidine rings is 4. The topological polar surface area (TPSA) is 19.0 Å². The molecule has 1 aromatic carbocycles. The van der Waals surface area contributed by atoms with Crippen molar-refractivity contribution in [2.45, 2.75) is 63.1 Å². The second-order valence-electron chi connectivity index (χ2n) is 9.50. The summed E-state index contributed by atoms with van der Waals surface area (Å²) in [7, 11) is 1.76. The molecule has 154 valence electrons. The van der Waals surface area contributed by atoms with Crippen LogP contribution in [0.25, 0.3) is 0 Å². The van der Waals surface area contributed by atoms with Gasteiger partial charge in [0.2, 0.25) is 0 Å². The molecule has 0 unspecified atom stereocenters. The number of benzene rings is 1. The van der Waals surface area contributed by atoms with E-state index in [1.165, 1.54) is 76.9 Å². The Kier molecular flexibility index (Phi) is 5.38. The van der Waals surface area contributed by atoms with Gasteiger partial charge in [-0.05, 0) is 88.4 Å². The Morgan fingerprint density at radius 2 is 1.64 bits per heavy atom. The number of likely N-dealkylation sites (tertiary alicyclic amines) is 2. The fourth-order valence-electron chi connectivity index (χ4n) is 6.81. The Labute approximate surface area is 170 Å². The molecule has 5 fully saturated rings. The van der Waals surface area contributed by atoms with Gasteiger partial charge in [-0.2, -0.15) is 0 Å². The van der Waals surface area contributed by atoms with Crippen LogP contribution in [0.2, 0.25) is 0 Å². The van der Waals surface area contributed by atoms with Gasteiger partial charge in [0.1, 0.15) is 5.75 Å². The van der Waals surface area contributed by atoms with Crippen molar-refractivity contribution in [3.63, 3.8) is 0 Å². The van der Waals surface area contributed by atoms with E-state index in [4.69, 9.17) is 4.74 Å². The number of fused-ring (bicyclic) bond motifs is 2. The number of methoxy groups -OCH3 is 1. The van der Waals surface area contributed by atoms with Crippen molar-refractivity contribution in [1.82, 2.24) is 14.7 Å². The SMILES string of the molecule is CCCN1CCC(N2C[C@H](c3ccc(OC)cc3)[C@H]3[C@@H]2C2CCN3CC2)CC1. The van der Waals surface area contributed by atoms with Gasteiger partial charge >= 0.3 is 0 Å². The van der Waals surface area contributed by atoms with E-state index in [-0.39, 0.29) is 0 Å². The predicted molar refractivity (Wildman–Crippen MR) is 114 cm³/mol. The zero-order valence-electron chi connectivity index (χ0n) is 17.7. The minimum absolute atomic E-state index is 0.660. The van der Waals surface area contributed by atoms with Gasteiger partial charge in [0.25, 0.3) is 0 Å². The summed E-state index contributed by atoms with van der Waals surface area (Å²) < 4.78 is 5.41. The summed E-state index contributed by atoms with van der Waals surface area (Å²) >= 11 is 0. The van der Waals surface area contributed by atoms with E-state index in [1.54, 1.807) is 7.11 Å². The highest BCUT2D eigenvalue weighted by atomic mass is 16.5. The number of hydrogen-bond acceptors (Lipinski definition) is 4. The molecule has 4 heteroatoms. The molecule has 2 bridgehead atoms. The molecule has 4 nitrogen and oxygen atoms in total. The van der Waals surface area contributed by atoms with Crippen molar-refractivity contribution in [3.8, 4) is 5.75 Å². The molecule has 5 saturated heterocycles. The van der Waals surface area contributed by atoms with Crippen LogP contribution < -0.4 is 4.74 Å². The first-order valence-electron chi connectivity index (χ1n) is 11.6. The van der Waals surface area contributed by atoms with E-state index in [0.717, 1.165) is 29.8 Å². The largest absolute Gasteiger partial charge is 0.497 e. The predicted octanol–water partition coefficient (Wildman–Crippen LogP) is 3.43. The van der Waals surface area contributed by atoms with Crippen LogP contribution in [-0.2, 0) is 0 Å². The summed E-state index contributed by atoms with van der Waals surface area (Å²) in [6, 6.07) is 11.3. The van der Waals surface area contributed by atoms with E-state index in [0.29, 0.717) is 5.92 Å². The molecule has 3 atom stereocenters. The van der Waals surface area contributed by atoms with E-state index < -0.39 is 0 Å². The maximum Gasteiger partial charge on any atom is 0.118 e. The third-order valence-electron chi connectivity index (χ3n) is 8.14. The molecule has 1 aromatic rings. The fourth-order valence-corrected chi connectivity index (χ4v) is 6.81. The molecule has 6 rings (SSSR count). The summed E-state index contributed by atoms with van der Waals surface area (Å²) in [5.74, 6) is 2.56. The molecule has 0 aromatic heterocycles. The Hall–Kier alpha value is -1.10. The molecule has 5 aliphatic rings. The van der Waals surface area contributed by atoms with Crippen LogP contribution in [-0.4, -0.2) is 79.2 Å². The fraction of sp³-hybridized carbons (Fsp3) is 0.750. The zero-order valence-corrected chi connectivity index (χ0v) is 17.7. The van der Waals surface area contributed by atoms with Crippen molar-refractivity contribution in [2.75, 3.05) is 46.4 Å². The molecule has 28 heavy (non-hydrogen) atoms. The number of ether oxygens (including phenoxy) is 1. The van der Waals surface area contributed by atoms with Crippen LogP contribution in [0.1, 0.15) is 50.5 Å². The van der Waals surface area contributed by atoms with Crippen LogP contribution in [0.15, 0.2) is 24.3 Å². The Morgan fingerprint density at radius 1 is 0.929 bits per heavy atom. The summed E-state index contributed by atoms with van der Waals surface area (Å²) in [6.45, 7) is 10.1. The highest BCUT2D eigenvalue weighted by molar-refractivity contribution is 5.33. The standard InChI is InChI=1S/C24H37N3O/c1-3-12-25-13-10-20(11-14-25)27-17-22(18-4-6-21(28-2)7-5-18)24-23(27)19-8-15-26(24)16-9-19/h4-7,19-20,22-24H,3,8-17H2,1-2H3/t22-,23+,24+/m1/s1. The first-order valence-corrected chi connectivity index (χ1v) is 11.6. The van der Waals surface area contributed by atoms with Crippen LogP contribution in [0, 0.1) is 5.92 Å². The Morgan fingerprint density at radius 3 is 2.29 bits per heavy atom. The molecule has 0 spiro atoms. The minimum Gasteiger partial charge on any atom is -0.497 e. The van der Waals surface area contributed by atoms with Crippen molar-refractivity contribution in [1.29, 1.82) is 0 Å². The lowest BCUT2D eigenvalue weighted by molar-refractivity contribution is -0.0271. The van der Waals surface area contributed by atoms with Crippen molar-refractivity contribution >= 4 is 0 Å². The molecule has 5 aliphatic heterocycles. The van der Waals surface area contributed by atoms with Gasteiger partial charge < -0.3 is 9.64 Å². The molecule has 5 heterocycles. The monoisotopic (exact) mass is 383 g/mol. The van der Waals surface area contributed by atoms with Gasteiger partial charge in [0.05, 0.1) is 7.11 Å². The molecule has 0 saturated carbocycles. The van der Waals surface area contributed by atoms with Gasteiger partial charge in [0.15, 0.2) is 0 Å². The van der Waals surface area contributed by atoms with E-state index >= 15 is 0 Å². The molecule has 0 aliphatic carbocycles. The Balaban J connectivity index is 1.38. The van der Waals surface area contributed by atoms with E-state index in [2.05, 4.69) is 45.9 Å². The lowest BCUT2D eigenvalue weighted by Gasteiger charge is -2.53. The number of rotatable bonds is 5.